The molecule has 1 rings (SSSR count). The van der Waals surface area contributed by atoms with Gasteiger partial charge in [0.1, 0.15) is 5.60 Å². The molecule has 0 aliphatic carbocycles. The Hall–Kier alpha value is -2.37. The van der Waals surface area contributed by atoms with Crippen LogP contribution < -0.4 is 0 Å². The summed E-state index contributed by atoms with van der Waals surface area (Å²) in [5.41, 5.74) is 0.860. The summed E-state index contributed by atoms with van der Waals surface area (Å²) in [5.74, 6) is -1.15. The van der Waals surface area contributed by atoms with E-state index in [4.69, 9.17) is 9.84 Å². The monoisotopic (exact) mass is 335 g/mol. The van der Waals surface area contributed by atoms with Crippen molar-refractivity contribution in [2.45, 2.75) is 46.1 Å². The fourth-order valence-electron chi connectivity index (χ4n) is 1.99. The first-order valence-corrected chi connectivity index (χ1v) is 7.88. The van der Waals surface area contributed by atoms with E-state index in [2.05, 4.69) is 0 Å². The summed E-state index contributed by atoms with van der Waals surface area (Å²) in [5, 5.41) is 8.74. The topological polar surface area (TPSA) is 83.9 Å². The van der Waals surface area contributed by atoms with Gasteiger partial charge in [0.05, 0.1) is 6.54 Å². The van der Waals surface area contributed by atoms with Gasteiger partial charge in [-0.3, -0.25) is 9.59 Å². The van der Waals surface area contributed by atoms with Crippen molar-refractivity contribution in [1.29, 1.82) is 0 Å². The van der Waals surface area contributed by atoms with E-state index in [1.54, 1.807) is 32.9 Å². The molecule has 0 heterocycles. The summed E-state index contributed by atoms with van der Waals surface area (Å²) in [7, 11) is 0. The number of ketones is 1. The highest BCUT2D eigenvalue weighted by Crippen LogP contribution is 2.12. The van der Waals surface area contributed by atoms with Crippen LogP contribution in [0.3, 0.4) is 0 Å². The number of aryl methyl sites for hydroxylation is 1. The molecular formula is C18H25NO5. The molecule has 0 radical (unpaired) electrons. The smallest absolute Gasteiger partial charge is 0.410 e. The number of Topliss-reactive ketones (excluding diaryl/α,β-unsaturated/α-hetero) is 1. The predicted molar refractivity (Wildman–Crippen MR) is 90.2 cm³/mol. The van der Waals surface area contributed by atoms with Gasteiger partial charge in [0.25, 0.3) is 0 Å². The van der Waals surface area contributed by atoms with Crippen LogP contribution >= 0.6 is 0 Å². The summed E-state index contributed by atoms with van der Waals surface area (Å²) in [4.78, 5) is 36.5. The van der Waals surface area contributed by atoms with E-state index in [1.165, 1.54) is 4.90 Å². The van der Waals surface area contributed by atoms with Crippen LogP contribution in [0.1, 0.15) is 49.5 Å². The lowest BCUT2D eigenvalue weighted by Gasteiger charge is -2.27. The maximum Gasteiger partial charge on any atom is 0.410 e. The molecule has 0 saturated carbocycles. The third-order valence-electron chi connectivity index (χ3n) is 3.18. The van der Waals surface area contributed by atoms with Crippen LogP contribution in [0.15, 0.2) is 24.3 Å². The van der Waals surface area contributed by atoms with E-state index in [0.717, 1.165) is 5.56 Å². The first-order chi connectivity index (χ1) is 11.1. The molecule has 0 fully saturated rings. The minimum absolute atomic E-state index is 0.0714. The molecule has 0 aliphatic heterocycles. The van der Waals surface area contributed by atoms with Crippen molar-refractivity contribution >= 4 is 17.8 Å². The molecule has 0 bridgehead atoms. The molecule has 1 amide bonds. The van der Waals surface area contributed by atoms with Gasteiger partial charge in [-0.25, -0.2) is 4.79 Å². The number of carbonyl (C=O) groups excluding carboxylic acids is 2. The minimum atomic E-state index is -0.941. The largest absolute Gasteiger partial charge is 0.481 e. The quantitative estimate of drug-likeness (QED) is 0.773. The number of amides is 1. The van der Waals surface area contributed by atoms with E-state index in [1.807, 2.05) is 19.1 Å². The van der Waals surface area contributed by atoms with Crippen LogP contribution in [0.2, 0.25) is 0 Å². The van der Waals surface area contributed by atoms with Gasteiger partial charge < -0.3 is 14.7 Å². The van der Waals surface area contributed by atoms with Gasteiger partial charge in [-0.1, -0.05) is 29.8 Å². The van der Waals surface area contributed by atoms with Crippen LogP contribution in [0.4, 0.5) is 4.79 Å². The summed E-state index contributed by atoms with van der Waals surface area (Å²) < 4.78 is 5.30. The van der Waals surface area contributed by atoms with E-state index < -0.39 is 17.7 Å². The molecule has 1 aromatic rings. The number of nitrogens with zero attached hydrogens (tertiary/aromatic N) is 1. The van der Waals surface area contributed by atoms with Crippen molar-refractivity contribution in [3.8, 4) is 0 Å². The predicted octanol–water partition coefficient (Wildman–Crippen LogP) is 3.28. The van der Waals surface area contributed by atoms with Gasteiger partial charge in [0.15, 0.2) is 5.78 Å². The van der Waals surface area contributed by atoms with Crippen LogP contribution in [0.25, 0.3) is 0 Å². The van der Waals surface area contributed by atoms with Crippen molar-refractivity contribution in [3.63, 3.8) is 0 Å². The minimum Gasteiger partial charge on any atom is -0.481 e. The molecule has 1 N–H and O–H groups in total. The first kappa shape index (κ1) is 19.7. The Morgan fingerprint density at radius 2 is 1.71 bits per heavy atom. The van der Waals surface area contributed by atoms with Crippen molar-refractivity contribution in [3.05, 3.63) is 35.4 Å². The van der Waals surface area contributed by atoms with Crippen molar-refractivity contribution in [2.75, 3.05) is 13.1 Å². The van der Waals surface area contributed by atoms with E-state index >= 15 is 0 Å². The number of aliphatic carboxylic acids is 1. The molecule has 6 heteroatoms. The number of carboxylic acids is 1. The summed E-state index contributed by atoms with van der Waals surface area (Å²) >= 11 is 0. The highest BCUT2D eigenvalue weighted by atomic mass is 16.6. The molecule has 1 aromatic carbocycles. The number of ether oxygens (including phenoxy) is 1. The molecular weight excluding hydrogens is 310 g/mol. The summed E-state index contributed by atoms with van der Waals surface area (Å²) in [6, 6.07) is 7.08. The van der Waals surface area contributed by atoms with Crippen molar-refractivity contribution < 1.29 is 24.2 Å². The van der Waals surface area contributed by atoms with Gasteiger partial charge >= 0.3 is 12.1 Å². The molecule has 0 unspecified atom stereocenters. The SMILES string of the molecule is Cc1ccc(C(=O)CN(CCCC(=O)O)C(=O)OC(C)(C)C)cc1. The second kappa shape index (κ2) is 8.47. The van der Waals surface area contributed by atoms with Crippen LogP contribution in [-0.2, 0) is 9.53 Å². The second-order valence-electron chi connectivity index (χ2n) is 6.69. The molecule has 24 heavy (non-hydrogen) atoms. The van der Waals surface area contributed by atoms with E-state index in [0.29, 0.717) is 5.56 Å². The third kappa shape index (κ3) is 7.26. The molecule has 132 valence electrons. The van der Waals surface area contributed by atoms with Gasteiger partial charge in [-0.2, -0.15) is 0 Å². The highest BCUT2D eigenvalue weighted by molar-refractivity contribution is 5.98. The van der Waals surface area contributed by atoms with Gasteiger partial charge in [-0.05, 0) is 34.1 Å². The lowest BCUT2D eigenvalue weighted by atomic mass is 10.1. The maximum atomic E-state index is 12.4. The lowest BCUT2D eigenvalue weighted by Crippen LogP contribution is -2.40. The van der Waals surface area contributed by atoms with Crippen molar-refractivity contribution in [2.24, 2.45) is 0 Å². The fourth-order valence-corrected chi connectivity index (χ4v) is 1.99. The fraction of sp³-hybridized carbons (Fsp3) is 0.500. The Balaban J connectivity index is 2.79. The standard InChI is InChI=1S/C18H25NO5/c1-13-7-9-14(10-8-13)15(20)12-19(11-5-6-16(21)22)17(23)24-18(2,3)4/h7-10H,5-6,11-12H2,1-4H3,(H,21,22). The average molecular weight is 335 g/mol. The Kier molecular flexibility index (Phi) is 6.95. The average Bonchev–Trinajstić information content (AvgIpc) is 2.44. The summed E-state index contributed by atoms with van der Waals surface area (Å²) in [6.45, 7) is 7.15. The molecule has 0 spiro atoms. The van der Waals surface area contributed by atoms with Crippen LogP contribution in [-0.4, -0.2) is 46.5 Å². The zero-order valence-electron chi connectivity index (χ0n) is 14.7. The zero-order chi connectivity index (χ0) is 18.3. The molecule has 6 nitrogen and oxygen atoms in total. The van der Waals surface area contributed by atoms with E-state index in [-0.39, 0.29) is 31.7 Å². The Bertz CT molecular complexity index is 586. The van der Waals surface area contributed by atoms with Gasteiger partial charge in [-0.15, -0.1) is 0 Å². The number of carboxylic acid groups (broad SMARTS) is 1. The van der Waals surface area contributed by atoms with E-state index in [9.17, 15) is 14.4 Å². The number of hydrogen-bond donors (Lipinski definition) is 1. The number of rotatable bonds is 7. The van der Waals surface area contributed by atoms with Gasteiger partial charge in [0.2, 0.25) is 0 Å². The Morgan fingerprint density at radius 3 is 2.21 bits per heavy atom. The normalized spacial score (nSPS) is 11.0. The highest BCUT2D eigenvalue weighted by Gasteiger charge is 2.24. The number of hydrogen-bond acceptors (Lipinski definition) is 4. The van der Waals surface area contributed by atoms with Crippen LogP contribution in [0.5, 0.6) is 0 Å². The lowest BCUT2D eigenvalue weighted by molar-refractivity contribution is -0.137. The number of carbonyl (C=O) groups is 3. The van der Waals surface area contributed by atoms with Gasteiger partial charge in [0, 0.05) is 18.5 Å². The first-order valence-electron chi connectivity index (χ1n) is 7.88. The zero-order valence-corrected chi connectivity index (χ0v) is 14.7. The Labute approximate surface area is 142 Å². The number of benzene rings is 1. The summed E-state index contributed by atoms with van der Waals surface area (Å²) in [6.07, 6.45) is -0.429. The van der Waals surface area contributed by atoms with Crippen molar-refractivity contribution in [1.82, 2.24) is 4.90 Å². The maximum absolute atomic E-state index is 12.4. The molecule has 0 aliphatic rings. The molecule has 0 saturated heterocycles. The van der Waals surface area contributed by atoms with Crippen LogP contribution in [0, 0.1) is 6.92 Å². The third-order valence-corrected chi connectivity index (χ3v) is 3.18. The second-order valence-corrected chi connectivity index (χ2v) is 6.69. The molecule has 0 atom stereocenters. The molecule has 0 aromatic heterocycles. The Morgan fingerprint density at radius 1 is 1.12 bits per heavy atom.